The van der Waals surface area contributed by atoms with Gasteiger partial charge < -0.3 is 4.90 Å². The van der Waals surface area contributed by atoms with Crippen molar-refractivity contribution in [2.24, 2.45) is 0 Å². The summed E-state index contributed by atoms with van der Waals surface area (Å²) in [5.74, 6) is -0.472. The lowest BCUT2D eigenvalue weighted by Gasteiger charge is -2.24. The number of likely N-dealkylation sites (tertiary alicyclic amines) is 1. The highest BCUT2D eigenvalue weighted by atomic mass is 35.5. The van der Waals surface area contributed by atoms with E-state index in [0.717, 1.165) is 19.4 Å². The second-order valence-corrected chi connectivity index (χ2v) is 6.52. The lowest BCUT2D eigenvalue weighted by atomic mass is 10.1. The van der Waals surface area contributed by atoms with Gasteiger partial charge in [0.2, 0.25) is 5.91 Å². The molecule has 0 unspecified atom stereocenters. The van der Waals surface area contributed by atoms with Gasteiger partial charge in [-0.1, -0.05) is 23.7 Å². The van der Waals surface area contributed by atoms with Gasteiger partial charge in [0.15, 0.2) is 0 Å². The van der Waals surface area contributed by atoms with Gasteiger partial charge in [0, 0.05) is 22.0 Å². The summed E-state index contributed by atoms with van der Waals surface area (Å²) >= 11 is 7.67. The van der Waals surface area contributed by atoms with Crippen LogP contribution in [0.2, 0.25) is 5.02 Å². The van der Waals surface area contributed by atoms with Crippen LogP contribution in [-0.2, 0) is 11.2 Å². The molecular formula is C16H15ClFNOS. The van der Waals surface area contributed by atoms with Crippen LogP contribution in [0.25, 0.3) is 0 Å². The third-order valence-corrected chi connectivity index (χ3v) is 5.16. The summed E-state index contributed by atoms with van der Waals surface area (Å²) in [4.78, 5) is 15.6. The van der Waals surface area contributed by atoms with Gasteiger partial charge in [-0.25, -0.2) is 4.39 Å². The molecule has 1 atom stereocenters. The van der Waals surface area contributed by atoms with E-state index in [1.54, 1.807) is 23.5 Å². The average Bonchev–Trinajstić information content (AvgIpc) is 3.12. The SMILES string of the molecule is O=C(Cc1c(F)cccc1Cl)N1CCC[C@@H]1c1cccs1. The molecule has 1 aromatic heterocycles. The maximum Gasteiger partial charge on any atom is 0.227 e. The molecule has 1 aliphatic heterocycles. The van der Waals surface area contributed by atoms with Crippen LogP contribution < -0.4 is 0 Å². The molecule has 0 N–H and O–H groups in total. The molecule has 1 fully saturated rings. The van der Waals surface area contributed by atoms with Gasteiger partial charge in [-0.15, -0.1) is 11.3 Å². The van der Waals surface area contributed by atoms with Gasteiger partial charge in [-0.2, -0.15) is 0 Å². The van der Waals surface area contributed by atoms with Crippen molar-refractivity contribution >= 4 is 28.8 Å². The first-order chi connectivity index (χ1) is 10.2. The van der Waals surface area contributed by atoms with Crippen LogP contribution in [0.5, 0.6) is 0 Å². The third kappa shape index (κ3) is 2.97. The summed E-state index contributed by atoms with van der Waals surface area (Å²) < 4.78 is 13.8. The highest BCUT2D eigenvalue weighted by Crippen LogP contribution is 2.35. The number of hydrogen-bond donors (Lipinski definition) is 0. The number of carbonyl (C=O) groups is 1. The molecule has 1 aliphatic rings. The number of benzene rings is 1. The van der Waals surface area contributed by atoms with Crippen LogP contribution in [0.1, 0.15) is 29.3 Å². The summed E-state index contributed by atoms with van der Waals surface area (Å²) in [7, 11) is 0. The smallest absolute Gasteiger partial charge is 0.227 e. The number of rotatable bonds is 3. The van der Waals surface area contributed by atoms with E-state index in [0.29, 0.717) is 10.6 Å². The van der Waals surface area contributed by atoms with Crippen molar-refractivity contribution in [1.82, 2.24) is 4.90 Å². The quantitative estimate of drug-likeness (QED) is 0.817. The molecule has 0 saturated carbocycles. The number of thiophene rings is 1. The molecule has 0 radical (unpaired) electrons. The Morgan fingerprint density at radius 3 is 2.95 bits per heavy atom. The van der Waals surface area contributed by atoms with Crippen molar-refractivity contribution in [1.29, 1.82) is 0 Å². The number of carbonyl (C=O) groups excluding carboxylic acids is 1. The highest BCUT2D eigenvalue weighted by molar-refractivity contribution is 7.10. The summed E-state index contributed by atoms with van der Waals surface area (Å²) in [5, 5.41) is 2.33. The van der Waals surface area contributed by atoms with Crippen molar-refractivity contribution in [2.75, 3.05) is 6.54 Å². The zero-order chi connectivity index (χ0) is 14.8. The lowest BCUT2D eigenvalue weighted by molar-refractivity contribution is -0.131. The summed E-state index contributed by atoms with van der Waals surface area (Å²) in [6.45, 7) is 0.730. The van der Waals surface area contributed by atoms with Crippen molar-refractivity contribution in [3.05, 3.63) is 57.0 Å². The van der Waals surface area contributed by atoms with Crippen LogP contribution in [0, 0.1) is 5.82 Å². The predicted molar refractivity (Wildman–Crippen MR) is 83.1 cm³/mol. The monoisotopic (exact) mass is 323 g/mol. The van der Waals surface area contributed by atoms with E-state index in [2.05, 4.69) is 6.07 Å². The standard InChI is InChI=1S/C16H15ClFNOS/c17-12-4-1-5-13(18)11(12)10-16(20)19-8-2-6-14(19)15-7-3-9-21-15/h1,3-5,7,9,14H,2,6,8,10H2/t14-/m1/s1. The minimum absolute atomic E-state index is 0.0212. The molecule has 2 heterocycles. The maximum atomic E-state index is 13.8. The van der Waals surface area contributed by atoms with Crippen molar-refractivity contribution in [3.8, 4) is 0 Å². The van der Waals surface area contributed by atoms with E-state index in [-0.39, 0.29) is 18.4 Å². The minimum Gasteiger partial charge on any atom is -0.335 e. The van der Waals surface area contributed by atoms with Gasteiger partial charge in [-0.05, 0) is 36.4 Å². The van der Waals surface area contributed by atoms with E-state index in [4.69, 9.17) is 11.6 Å². The molecule has 21 heavy (non-hydrogen) atoms. The number of halogens is 2. The molecule has 2 aromatic rings. The second kappa shape index (κ2) is 6.16. The maximum absolute atomic E-state index is 13.8. The van der Waals surface area contributed by atoms with Crippen molar-refractivity contribution in [2.45, 2.75) is 25.3 Å². The van der Waals surface area contributed by atoms with Crippen LogP contribution in [0.4, 0.5) is 4.39 Å². The summed E-state index contributed by atoms with van der Waals surface area (Å²) in [6.07, 6.45) is 1.98. The van der Waals surface area contributed by atoms with E-state index in [9.17, 15) is 9.18 Å². The molecular weight excluding hydrogens is 309 g/mol. The van der Waals surface area contributed by atoms with E-state index in [1.807, 2.05) is 16.3 Å². The van der Waals surface area contributed by atoms with Crippen LogP contribution in [0.3, 0.4) is 0 Å². The zero-order valence-corrected chi connectivity index (χ0v) is 13.0. The van der Waals surface area contributed by atoms with Crippen molar-refractivity contribution < 1.29 is 9.18 Å². The van der Waals surface area contributed by atoms with Gasteiger partial charge in [0.05, 0.1) is 12.5 Å². The Hall–Kier alpha value is -1.39. The fraction of sp³-hybridized carbons (Fsp3) is 0.312. The Labute approximate surface area is 132 Å². The highest BCUT2D eigenvalue weighted by Gasteiger charge is 2.31. The second-order valence-electron chi connectivity index (χ2n) is 5.14. The minimum atomic E-state index is -0.414. The van der Waals surface area contributed by atoms with Gasteiger partial charge in [0.25, 0.3) is 0 Å². The molecule has 3 rings (SSSR count). The Morgan fingerprint density at radius 2 is 2.24 bits per heavy atom. The predicted octanol–water partition coefficient (Wildman–Crippen LogP) is 4.45. The molecule has 0 aliphatic carbocycles. The van der Waals surface area contributed by atoms with Crippen LogP contribution in [-0.4, -0.2) is 17.4 Å². The van der Waals surface area contributed by atoms with E-state index in [1.165, 1.54) is 10.9 Å². The first-order valence-corrected chi connectivity index (χ1v) is 8.18. The molecule has 2 nitrogen and oxygen atoms in total. The number of hydrogen-bond acceptors (Lipinski definition) is 2. The Balaban J connectivity index is 1.79. The summed E-state index contributed by atoms with van der Waals surface area (Å²) in [5.41, 5.74) is 0.293. The van der Waals surface area contributed by atoms with Gasteiger partial charge in [-0.3, -0.25) is 4.79 Å². The normalized spacial score (nSPS) is 18.2. The first-order valence-electron chi connectivity index (χ1n) is 6.92. The lowest BCUT2D eigenvalue weighted by Crippen LogP contribution is -2.31. The van der Waals surface area contributed by atoms with Crippen LogP contribution >= 0.6 is 22.9 Å². The number of amides is 1. The average molecular weight is 324 g/mol. The molecule has 110 valence electrons. The van der Waals surface area contributed by atoms with Gasteiger partial charge in [0.1, 0.15) is 5.82 Å². The molecule has 0 bridgehead atoms. The molecule has 1 amide bonds. The Kier molecular flexibility index (Phi) is 4.27. The molecule has 0 spiro atoms. The van der Waals surface area contributed by atoms with E-state index >= 15 is 0 Å². The number of nitrogens with zero attached hydrogens (tertiary/aromatic N) is 1. The Bertz CT molecular complexity index is 623. The van der Waals surface area contributed by atoms with E-state index < -0.39 is 5.82 Å². The molecule has 1 aromatic carbocycles. The van der Waals surface area contributed by atoms with Crippen molar-refractivity contribution in [3.63, 3.8) is 0 Å². The fourth-order valence-electron chi connectivity index (χ4n) is 2.80. The topological polar surface area (TPSA) is 20.3 Å². The Morgan fingerprint density at radius 1 is 1.38 bits per heavy atom. The van der Waals surface area contributed by atoms with Crippen LogP contribution in [0.15, 0.2) is 35.7 Å². The molecule has 5 heteroatoms. The first kappa shape index (κ1) is 14.5. The fourth-order valence-corrected chi connectivity index (χ4v) is 3.90. The van der Waals surface area contributed by atoms with Gasteiger partial charge >= 0.3 is 0 Å². The third-order valence-electron chi connectivity index (χ3n) is 3.83. The largest absolute Gasteiger partial charge is 0.335 e. The summed E-state index contributed by atoms with van der Waals surface area (Å²) in [6, 6.07) is 8.69. The zero-order valence-electron chi connectivity index (χ0n) is 11.4. The molecule has 1 saturated heterocycles.